The maximum absolute atomic E-state index is 2.46. The molecule has 12 heavy (non-hydrogen) atoms. The Morgan fingerprint density at radius 3 is 2.58 bits per heavy atom. The summed E-state index contributed by atoms with van der Waals surface area (Å²) in [6.45, 7) is 10.1. The molecule has 0 unspecified atom stereocenters. The van der Waals surface area contributed by atoms with Crippen LogP contribution < -0.4 is 0 Å². The van der Waals surface area contributed by atoms with Gasteiger partial charge in [-0.25, -0.2) is 0 Å². The van der Waals surface area contributed by atoms with Gasteiger partial charge in [-0.1, -0.05) is 6.08 Å². The zero-order valence-electron chi connectivity index (χ0n) is 8.67. The third-order valence-corrected chi connectivity index (χ3v) is 2.88. The van der Waals surface area contributed by atoms with Gasteiger partial charge < -0.3 is 9.80 Å². The van der Waals surface area contributed by atoms with Crippen LogP contribution in [0.2, 0.25) is 0 Å². The topological polar surface area (TPSA) is 6.48 Å². The van der Waals surface area contributed by atoms with Crippen molar-refractivity contribution in [1.82, 2.24) is 9.80 Å². The maximum Gasteiger partial charge on any atom is 0.0328 e. The Balaban J connectivity index is 2.51. The molecule has 0 bridgehead atoms. The van der Waals surface area contributed by atoms with Crippen LogP contribution in [0, 0.1) is 0 Å². The van der Waals surface area contributed by atoms with Crippen molar-refractivity contribution in [3.8, 4) is 0 Å². The van der Waals surface area contributed by atoms with Crippen LogP contribution >= 0.6 is 0 Å². The molecule has 1 fully saturated rings. The van der Waals surface area contributed by atoms with E-state index >= 15 is 0 Å². The number of nitrogens with zero attached hydrogens (tertiary/aromatic N) is 2. The van der Waals surface area contributed by atoms with E-state index in [-0.39, 0.29) is 0 Å². The Kier molecular flexibility index (Phi) is 3.15. The first-order chi connectivity index (χ1) is 5.65. The molecule has 0 aromatic carbocycles. The fourth-order valence-electron chi connectivity index (χ4n) is 1.55. The van der Waals surface area contributed by atoms with Crippen molar-refractivity contribution < 1.29 is 0 Å². The van der Waals surface area contributed by atoms with Gasteiger partial charge in [0.05, 0.1) is 0 Å². The predicted octanol–water partition coefficient (Wildman–Crippen LogP) is 1.55. The van der Waals surface area contributed by atoms with E-state index in [9.17, 15) is 0 Å². The molecule has 70 valence electrons. The molecule has 1 heterocycles. The molecule has 1 aliphatic rings. The molecule has 1 aliphatic heterocycles. The minimum absolute atomic E-state index is 0.689. The summed E-state index contributed by atoms with van der Waals surface area (Å²) in [6.07, 6.45) is 2.19. The van der Waals surface area contributed by atoms with Gasteiger partial charge in [-0.3, -0.25) is 0 Å². The molecule has 0 aromatic heterocycles. The van der Waals surface area contributed by atoms with Crippen LogP contribution in [0.15, 0.2) is 11.8 Å². The summed E-state index contributed by atoms with van der Waals surface area (Å²) in [5.41, 5.74) is 1.41. The van der Waals surface area contributed by atoms with Gasteiger partial charge in [-0.2, -0.15) is 0 Å². The minimum Gasteiger partial charge on any atom is -0.372 e. The monoisotopic (exact) mass is 168 g/mol. The summed E-state index contributed by atoms with van der Waals surface area (Å²) >= 11 is 0. The van der Waals surface area contributed by atoms with Crippen molar-refractivity contribution in [2.75, 3.05) is 26.7 Å². The van der Waals surface area contributed by atoms with Crippen molar-refractivity contribution >= 4 is 0 Å². The smallest absolute Gasteiger partial charge is 0.0328 e. The Labute approximate surface area is 75.8 Å². The molecule has 0 amide bonds. The van der Waals surface area contributed by atoms with E-state index in [1.807, 2.05) is 0 Å². The van der Waals surface area contributed by atoms with Gasteiger partial charge in [0.15, 0.2) is 0 Å². The maximum atomic E-state index is 2.46. The van der Waals surface area contributed by atoms with Crippen LogP contribution in [0.5, 0.6) is 0 Å². The van der Waals surface area contributed by atoms with Crippen molar-refractivity contribution in [2.24, 2.45) is 0 Å². The zero-order valence-corrected chi connectivity index (χ0v) is 8.67. The second-order valence-electron chi connectivity index (χ2n) is 3.71. The van der Waals surface area contributed by atoms with Gasteiger partial charge in [-0.15, -0.1) is 0 Å². The van der Waals surface area contributed by atoms with Gasteiger partial charge in [0.1, 0.15) is 0 Å². The number of hydrogen-bond donors (Lipinski definition) is 0. The largest absolute Gasteiger partial charge is 0.372 e. The lowest BCUT2D eigenvalue weighted by molar-refractivity contribution is 0.130. The van der Waals surface area contributed by atoms with Crippen LogP contribution in [0.1, 0.15) is 20.8 Å². The van der Waals surface area contributed by atoms with Gasteiger partial charge >= 0.3 is 0 Å². The molecule has 0 spiro atoms. The summed E-state index contributed by atoms with van der Waals surface area (Å²) in [6, 6.07) is 0.689. The summed E-state index contributed by atoms with van der Waals surface area (Å²) in [5.74, 6) is 0. The third-order valence-electron chi connectivity index (χ3n) is 2.88. The first kappa shape index (κ1) is 9.59. The standard InChI is InChI=1S/C10H20N2/c1-5-9(2)12-7-6-11(4)10(3)8-12/h5,10H,6-8H2,1-4H3/b9-5+/t10-/m0/s1. The van der Waals surface area contributed by atoms with Crippen molar-refractivity contribution in [1.29, 1.82) is 0 Å². The van der Waals surface area contributed by atoms with E-state index in [4.69, 9.17) is 0 Å². The molecular weight excluding hydrogens is 148 g/mol. The second kappa shape index (κ2) is 3.94. The van der Waals surface area contributed by atoms with Crippen LogP contribution in [0.3, 0.4) is 0 Å². The Bertz CT molecular complexity index is 175. The van der Waals surface area contributed by atoms with Crippen molar-refractivity contribution in [2.45, 2.75) is 26.8 Å². The summed E-state index contributed by atoms with van der Waals surface area (Å²) in [7, 11) is 2.20. The predicted molar refractivity (Wildman–Crippen MR) is 53.1 cm³/mol. The molecular formula is C10H20N2. The number of hydrogen-bond acceptors (Lipinski definition) is 2. The third kappa shape index (κ3) is 2.01. The average molecular weight is 168 g/mol. The van der Waals surface area contributed by atoms with E-state index in [0.717, 1.165) is 0 Å². The fraction of sp³-hybridized carbons (Fsp3) is 0.800. The summed E-state index contributed by atoms with van der Waals surface area (Å²) in [4.78, 5) is 4.88. The SMILES string of the molecule is C/C=C(\C)N1CCN(C)[C@@H](C)C1. The lowest BCUT2D eigenvalue weighted by Crippen LogP contribution is -2.49. The molecule has 2 heteroatoms. The normalized spacial score (nSPS) is 27.8. The van der Waals surface area contributed by atoms with Gasteiger partial charge in [0, 0.05) is 31.4 Å². The van der Waals surface area contributed by atoms with Gasteiger partial charge in [-0.05, 0) is 27.8 Å². The number of likely N-dealkylation sites (N-methyl/N-ethyl adjacent to an activating group) is 1. The van der Waals surface area contributed by atoms with Gasteiger partial charge in [0.25, 0.3) is 0 Å². The van der Waals surface area contributed by atoms with E-state index in [2.05, 4.69) is 43.7 Å². The first-order valence-corrected chi connectivity index (χ1v) is 4.73. The number of allylic oxidation sites excluding steroid dienone is 2. The molecule has 1 saturated heterocycles. The Morgan fingerprint density at radius 1 is 1.42 bits per heavy atom. The second-order valence-corrected chi connectivity index (χ2v) is 3.71. The molecule has 2 nitrogen and oxygen atoms in total. The lowest BCUT2D eigenvalue weighted by Gasteiger charge is -2.39. The minimum atomic E-state index is 0.689. The van der Waals surface area contributed by atoms with Crippen LogP contribution in [-0.2, 0) is 0 Å². The highest BCUT2D eigenvalue weighted by molar-refractivity contribution is 4.98. The van der Waals surface area contributed by atoms with Crippen molar-refractivity contribution in [3.05, 3.63) is 11.8 Å². The van der Waals surface area contributed by atoms with Crippen LogP contribution in [0.25, 0.3) is 0 Å². The first-order valence-electron chi connectivity index (χ1n) is 4.73. The number of rotatable bonds is 1. The molecule has 1 rings (SSSR count). The lowest BCUT2D eigenvalue weighted by atomic mass is 10.2. The number of piperazine rings is 1. The molecule has 0 aromatic rings. The van der Waals surface area contributed by atoms with Gasteiger partial charge in [0.2, 0.25) is 0 Å². The average Bonchev–Trinajstić information content (AvgIpc) is 2.08. The fourth-order valence-corrected chi connectivity index (χ4v) is 1.55. The van der Waals surface area contributed by atoms with E-state index < -0.39 is 0 Å². The zero-order chi connectivity index (χ0) is 9.14. The highest BCUT2D eigenvalue weighted by Crippen LogP contribution is 2.11. The molecule has 1 atom stereocenters. The van der Waals surface area contributed by atoms with Crippen LogP contribution in [0.4, 0.5) is 0 Å². The van der Waals surface area contributed by atoms with E-state index in [0.29, 0.717) is 6.04 Å². The molecule has 0 radical (unpaired) electrons. The highest BCUT2D eigenvalue weighted by atomic mass is 15.3. The Hall–Kier alpha value is -0.500. The Morgan fingerprint density at radius 2 is 2.08 bits per heavy atom. The van der Waals surface area contributed by atoms with Crippen molar-refractivity contribution in [3.63, 3.8) is 0 Å². The molecule has 0 saturated carbocycles. The van der Waals surface area contributed by atoms with E-state index in [1.54, 1.807) is 0 Å². The molecule has 0 aliphatic carbocycles. The quantitative estimate of drug-likeness (QED) is 0.586. The van der Waals surface area contributed by atoms with E-state index in [1.165, 1.54) is 25.3 Å². The van der Waals surface area contributed by atoms with Crippen LogP contribution in [-0.4, -0.2) is 42.5 Å². The molecule has 0 N–H and O–H groups in total. The summed E-state index contributed by atoms with van der Waals surface area (Å²) < 4.78 is 0. The summed E-state index contributed by atoms with van der Waals surface area (Å²) in [5, 5.41) is 0. The highest BCUT2D eigenvalue weighted by Gasteiger charge is 2.19.